The molecule has 1 heterocycles. The molecule has 3 atom stereocenters. The predicted octanol–water partition coefficient (Wildman–Crippen LogP) is 5.69. The maximum absolute atomic E-state index is 6.04. The van der Waals surface area contributed by atoms with E-state index in [2.05, 4.69) is 75.9 Å². The second-order valence-corrected chi connectivity index (χ2v) is 7.71. The maximum atomic E-state index is 6.04. The van der Waals surface area contributed by atoms with E-state index in [-0.39, 0.29) is 6.04 Å². The minimum Gasteiger partial charge on any atom is -0.489 e. The SMILES string of the molecule is CCOCCOc1cccc2c1NC(c1ccc(Br)cc1)C1CC=CC21. The topological polar surface area (TPSA) is 30.5 Å². The van der Waals surface area contributed by atoms with Crippen LogP contribution in [0.1, 0.15) is 36.4 Å². The lowest BCUT2D eigenvalue weighted by Crippen LogP contribution is -2.29. The van der Waals surface area contributed by atoms with Crippen molar-refractivity contribution < 1.29 is 9.47 Å². The number of anilines is 1. The fourth-order valence-corrected chi connectivity index (χ4v) is 4.33. The molecule has 1 aliphatic carbocycles. The summed E-state index contributed by atoms with van der Waals surface area (Å²) in [4.78, 5) is 0. The number of benzene rings is 2. The van der Waals surface area contributed by atoms with E-state index in [0.29, 0.717) is 31.7 Å². The van der Waals surface area contributed by atoms with Gasteiger partial charge in [0.1, 0.15) is 12.4 Å². The van der Waals surface area contributed by atoms with Gasteiger partial charge < -0.3 is 14.8 Å². The van der Waals surface area contributed by atoms with Gasteiger partial charge in [-0.1, -0.05) is 52.3 Å². The first-order valence-corrected chi connectivity index (χ1v) is 10.1. The number of para-hydroxylation sites is 1. The molecule has 2 aliphatic rings. The summed E-state index contributed by atoms with van der Waals surface area (Å²) in [5.41, 5.74) is 3.79. The van der Waals surface area contributed by atoms with Crippen LogP contribution in [0.15, 0.2) is 59.1 Å². The van der Waals surface area contributed by atoms with Crippen LogP contribution in [-0.2, 0) is 4.74 Å². The summed E-state index contributed by atoms with van der Waals surface area (Å²) < 4.78 is 12.6. The third-order valence-electron chi connectivity index (χ3n) is 5.28. The summed E-state index contributed by atoms with van der Waals surface area (Å²) >= 11 is 3.54. The Hall–Kier alpha value is -1.78. The molecular formula is C22H24BrNO2. The van der Waals surface area contributed by atoms with Crippen molar-refractivity contribution in [3.05, 3.63) is 70.2 Å². The number of hydrogen-bond acceptors (Lipinski definition) is 3. The first-order chi connectivity index (χ1) is 12.8. The third kappa shape index (κ3) is 3.40. The Balaban J connectivity index is 1.64. The number of ether oxygens (including phenoxy) is 2. The molecule has 0 radical (unpaired) electrons. The quantitative estimate of drug-likeness (QED) is 0.487. The van der Waals surface area contributed by atoms with Crippen LogP contribution in [0.25, 0.3) is 0 Å². The van der Waals surface area contributed by atoms with E-state index < -0.39 is 0 Å². The van der Waals surface area contributed by atoms with Crippen molar-refractivity contribution in [2.24, 2.45) is 5.92 Å². The molecule has 2 aromatic rings. The van der Waals surface area contributed by atoms with Gasteiger partial charge in [-0.3, -0.25) is 0 Å². The largest absolute Gasteiger partial charge is 0.489 e. The Kier molecular flexibility index (Phi) is 5.32. The highest BCUT2D eigenvalue weighted by Gasteiger charge is 2.38. The third-order valence-corrected chi connectivity index (χ3v) is 5.81. The van der Waals surface area contributed by atoms with E-state index in [1.807, 2.05) is 6.92 Å². The Morgan fingerprint density at radius 1 is 1.12 bits per heavy atom. The molecule has 0 spiro atoms. The second-order valence-electron chi connectivity index (χ2n) is 6.79. The molecule has 0 saturated heterocycles. The van der Waals surface area contributed by atoms with E-state index in [1.165, 1.54) is 11.1 Å². The minimum atomic E-state index is 0.284. The van der Waals surface area contributed by atoms with Crippen LogP contribution in [-0.4, -0.2) is 19.8 Å². The average Bonchev–Trinajstić information content (AvgIpc) is 3.15. The van der Waals surface area contributed by atoms with Crippen molar-refractivity contribution in [3.63, 3.8) is 0 Å². The minimum absolute atomic E-state index is 0.284. The van der Waals surface area contributed by atoms with Crippen molar-refractivity contribution in [1.82, 2.24) is 0 Å². The van der Waals surface area contributed by atoms with Gasteiger partial charge in [0, 0.05) is 17.0 Å². The molecule has 0 saturated carbocycles. The van der Waals surface area contributed by atoms with Crippen molar-refractivity contribution in [1.29, 1.82) is 0 Å². The molecule has 26 heavy (non-hydrogen) atoms. The van der Waals surface area contributed by atoms with Gasteiger partial charge in [-0.25, -0.2) is 0 Å². The Morgan fingerprint density at radius 3 is 2.77 bits per heavy atom. The molecule has 0 aromatic heterocycles. The van der Waals surface area contributed by atoms with Crippen LogP contribution in [0, 0.1) is 5.92 Å². The number of allylic oxidation sites excluding steroid dienone is 2. The Labute approximate surface area is 163 Å². The lowest BCUT2D eigenvalue weighted by Gasteiger charge is -2.38. The van der Waals surface area contributed by atoms with Crippen molar-refractivity contribution in [2.75, 3.05) is 25.1 Å². The summed E-state index contributed by atoms with van der Waals surface area (Å²) in [5.74, 6) is 1.90. The van der Waals surface area contributed by atoms with Crippen LogP contribution in [0.5, 0.6) is 5.75 Å². The standard InChI is InChI=1S/C22H24BrNO2/c1-2-25-13-14-26-20-8-4-7-19-17-5-3-6-18(17)21(24-22(19)20)15-9-11-16(23)12-10-15/h3-5,7-12,17-18,21,24H,2,6,13-14H2,1H3. The molecular weight excluding hydrogens is 390 g/mol. The molecule has 0 fully saturated rings. The number of fused-ring (bicyclic) bond motifs is 3. The van der Waals surface area contributed by atoms with Crippen LogP contribution in [0.2, 0.25) is 0 Å². The van der Waals surface area contributed by atoms with Crippen LogP contribution < -0.4 is 10.1 Å². The maximum Gasteiger partial charge on any atom is 0.142 e. The fourth-order valence-electron chi connectivity index (χ4n) is 4.07. The molecule has 136 valence electrons. The molecule has 4 rings (SSSR count). The fraction of sp³-hybridized carbons (Fsp3) is 0.364. The van der Waals surface area contributed by atoms with Gasteiger partial charge in [-0.15, -0.1) is 0 Å². The lowest BCUT2D eigenvalue weighted by molar-refractivity contribution is 0.110. The first-order valence-electron chi connectivity index (χ1n) is 9.30. The smallest absolute Gasteiger partial charge is 0.142 e. The normalized spacial score (nSPS) is 23.2. The Bertz CT molecular complexity index is 787. The van der Waals surface area contributed by atoms with E-state index in [4.69, 9.17) is 9.47 Å². The molecule has 2 aromatic carbocycles. The van der Waals surface area contributed by atoms with Crippen LogP contribution in [0.4, 0.5) is 5.69 Å². The van der Waals surface area contributed by atoms with E-state index in [9.17, 15) is 0 Å². The molecule has 1 N–H and O–H groups in total. The van der Waals surface area contributed by atoms with Gasteiger partial charge in [0.2, 0.25) is 0 Å². The number of rotatable bonds is 6. The monoisotopic (exact) mass is 413 g/mol. The summed E-state index contributed by atoms with van der Waals surface area (Å²) in [6, 6.07) is 15.3. The first kappa shape index (κ1) is 17.6. The zero-order chi connectivity index (χ0) is 17.9. The van der Waals surface area contributed by atoms with Gasteiger partial charge >= 0.3 is 0 Å². The van der Waals surface area contributed by atoms with Crippen LogP contribution >= 0.6 is 15.9 Å². The molecule has 1 aliphatic heterocycles. The summed E-state index contributed by atoms with van der Waals surface area (Å²) in [6.45, 7) is 3.90. The highest BCUT2D eigenvalue weighted by atomic mass is 79.9. The zero-order valence-corrected chi connectivity index (χ0v) is 16.5. The predicted molar refractivity (Wildman–Crippen MR) is 109 cm³/mol. The van der Waals surface area contributed by atoms with Crippen molar-refractivity contribution >= 4 is 21.6 Å². The summed E-state index contributed by atoms with van der Waals surface area (Å²) in [6.07, 6.45) is 5.79. The molecule has 4 heteroatoms. The molecule has 3 unspecified atom stereocenters. The van der Waals surface area contributed by atoms with Gasteiger partial charge in [0.15, 0.2) is 0 Å². The highest BCUT2D eigenvalue weighted by molar-refractivity contribution is 9.10. The van der Waals surface area contributed by atoms with E-state index in [0.717, 1.165) is 22.3 Å². The van der Waals surface area contributed by atoms with E-state index >= 15 is 0 Å². The van der Waals surface area contributed by atoms with Crippen LogP contribution in [0.3, 0.4) is 0 Å². The number of halogens is 1. The van der Waals surface area contributed by atoms with E-state index in [1.54, 1.807) is 0 Å². The summed E-state index contributed by atoms with van der Waals surface area (Å²) in [5, 5.41) is 3.79. The highest BCUT2D eigenvalue weighted by Crippen LogP contribution is 2.52. The number of hydrogen-bond donors (Lipinski definition) is 1. The van der Waals surface area contributed by atoms with Gasteiger partial charge in [-0.05, 0) is 48.6 Å². The van der Waals surface area contributed by atoms with Crippen molar-refractivity contribution in [3.8, 4) is 5.75 Å². The Morgan fingerprint density at radius 2 is 1.96 bits per heavy atom. The zero-order valence-electron chi connectivity index (χ0n) is 15.0. The average molecular weight is 414 g/mol. The van der Waals surface area contributed by atoms with Gasteiger partial charge in [-0.2, -0.15) is 0 Å². The number of nitrogens with one attached hydrogen (secondary N) is 1. The molecule has 3 nitrogen and oxygen atoms in total. The molecule has 0 bridgehead atoms. The lowest BCUT2D eigenvalue weighted by atomic mass is 9.77. The second kappa shape index (κ2) is 7.85. The van der Waals surface area contributed by atoms with Gasteiger partial charge in [0.25, 0.3) is 0 Å². The molecule has 0 amide bonds. The van der Waals surface area contributed by atoms with Gasteiger partial charge in [0.05, 0.1) is 18.3 Å². The van der Waals surface area contributed by atoms with Crippen molar-refractivity contribution in [2.45, 2.75) is 25.3 Å². The summed E-state index contributed by atoms with van der Waals surface area (Å²) in [7, 11) is 0.